The summed E-state index contributed by atoms with van der Waals surface area (Å²) >= 11 is 0. The summed E-state index contributed by atoms with van der Waals surface area (Å²) in [4.78, 5) is 27.3. The number of piperidine rings is 1. The normalized spacial score (nSPS) is 16.1. The number of carbonyl (C=O) groups is 2. The Bertz CT molecular complexity index is 896. The van der Waals surface area contributed by atoms with Crippen LogP contribution in [0, 0.1) is 19.8 Å². The summed E-state index contributed by atoms with van der Waals surface area (Å²) in [6, 6.07) is 11.2. The molecule has 1 fully saturated rings. The molecule has 0 spiro atoms. The van der Waals surface area contributed by atoms with Crippen molar-refractivity contribution in [2.45, 2.75) is 26.7 Å². The lowest BCUT2D eigenvalue weighted by molar-refractivity contribution is -0.121. The van der Waals surface area contributed by atoms with E-state index in [2.05, 4.69) is 5.32 Å². The molecule has 0 aromatic heterocycles. The van der Waals surface area contributed by atoms with Crippen LogP contribution in [0.1, 0.15) is 34.3 Å². The van der Waals surface area contributed by atoms with Gasteiger partial charge in [0.05, 0.1) is 0 Å². The van der Waals surface area contributed by atoms with Crippen LogP contribution >= 0.6 is 0 Å². The highest BCUT2D eigenvalue weighted by Crippen LogP contribution is 2.33. The van der Waals surface area contributed by atoms with Gasteiger partial charge in [0.1, 0.15) is 0 Å². The van der Waals surface area contributed by atoms with E-state index in [0.29, 0.717) is 43.0 Å². The van der Waals surface area contributed by atoms with Gasteiger partial charge in [-0.15, -0.1) is 0 Å². The van der Waals surface area contributed by atoms with E-state index in [1.165, 1.54) is 0 Å². The number of hydrogen-bond acceptors (Lipinski definition) is 4. The molecule has 0 unspecified atom stereocenters. The van der Waals surface area contributed by atoms with Gasteiger partial charge in [-0.05, 0) is 56.0 Å². The Morgan fingerprint density at radius 3 is 2.39 bits per heavy atom. The number of nitrogens with one attached hydrogen (secondary N) is 1. The molecule has 0 atom stereocenters. The number of aryl methyl sites for hydroxylation is 2. The molecule has 0 radical (unpaired) electrons. The third-order valence-corrected chi connectivity index (χ3v) is 5.50. The summed E-state index contributed by atoms with van der Waals surface area (Å²) in [7, 11) is 0. The van der Waals surface area contributed by atoms with Crippen LogP contribution in [0.5, 0.6) is 11.5 Å². The van der Waals surface area contributed by atoms with Crippen LogP contribution in [0.15, 0.2) is 36.4 Å². The first-order valence-corrected chi connectivity index (χ1v) is 9.59. The van der Waals surface area contributed by atoms with E-state index < -0.39 is 0 Å². The standard InChI is InChI=1S/C22H24N2O4/c1-14-4-3-5-15(2)20(14)23-21(25)16-8-10-24(11-9-16)22(26)17-6-7-18-19(12-17)28-13-27-18/h3-7,12,16H,8-11,13H2,1-2H3,(H,23,25). The highest BCUT2D eigenvalue weighted by atomic mass is 16.7. The fourth-order valence-corrected chi connectivity index (χ4v) is 3.79. The fourth-order valence-electron chi connectivity index (χ4n) is 3.79. The Hall–Kier alpha value is -3.02. The van der Waals surface area contributed by atoms with Gasteiger partial charge in [-0.25, -0.2) is 0 Å². The highest BCUT2D eigenvalue weighted by molar-refractivity contribution is 5.96. The van der Waals surface area contributed by atoms with Crippen LogP contribution in [-0.2, 0) is 4.79 Å². The molecule has 0 saturated carbocycles. The first-order chi connectivity index (χ1) is 13.5. The molecule has 1 saturated heterocycles. The number of carbonyl (C=O) groups excluding carboxylic acids is 2. The van der Waals surface area contributed by atoms with Gasteiger partial charge in [-0.2, -0.15) is 0 Å². The minimum atomic E-state index is -0.0835. The maximum Gasteiger partial charge on any atom is 0.253 e. The molecule has 2 aromatic rings. The Morgan fingerprint density at radius 2 is 1.68 bits per heavy atom. The lowest BCUT2D eigenvalue weighted by Gasteiger charge is -2.31. The zero-order valence-electron chi connectivity index (χ0n) is 16.2. The first kappa shape index (κ1) is 18.3. The number of fused-ring (bicyclic) bond motifs is 1. The number of amides is 2. The van der Waals surface area contributed by atoms with Crippen LogP contribution in [0.3, 0.4) is 0 Å². The number of para-hydroxylation sites is 1. The SMILES string of the molecule is Cc1cccc(C)c1NC(=O)C1CCN(C(=O)c2ccc3c(c2)OCO3)CC1. The maximum absolute atomic E-state index is 12.8. The maximum atomic E-state index is 12.8. The van der Waals surface area contributed by atoms with Crippen LogP contribution in [-0.4, -0.2) is 36.6 Å². The molecule has 6 heteroatoms. The molecule has 6 nitrogen and oxygen atoms in total. The Kier molecular flexibility index (Phi) is 4.94. The molecule has 2 heterocycles. The van der Waals surface area contributed by atoms with Crippen molar-refractivity contribution in [2.24, 2.45) is 5.92 Å². The summed E-state index contributed by atoms with van der Waals surface area (Å²) < 4.78 is 10.6. The second-order valence-electron chi connectivity index (χ2n) is 7.39. The van der Waals surface area contributed by atoms with Crippen LogP contribution < -0.4 is 14.8 Å². The van der Waals surface area contributed by atoms with Crippen LogP contribution in [0.2, 0.25) is 0 Å². The van der Waals surface area contributed by atoms with Crippen molar-refractivity contribution in [3.05, 3.63) is 53.1 Å². The minimum absolute atomic E-state index is 0.0348. The minimum Gasteiger partial charge on any atom is -0.454 e. The average molecular weight is 380 g/mol. The molecular weight excluding hydrogens is 356 g/mol. The molecule has 146 valence electrons. The summed E-state index contributed by atoms with van der Waals surface area (Å²) in [5.41, 5.74) is 3.60. The number of anilines is 1. The van der Waals surface area contributed by atoms with Gasteiger partial charge in [0.15, 0.2) is 11.5 Å². The van der Waals surface area contributed by atoms with Gasteiger partial charge >= 0.3 is 0 Å². The molecule has 1 N–H and O–H groups in total. The third kappa shape index (κ3) is 3.54. The molecule has 2 amide bonds. The van der Waals surface area contributed by atoms with Crippen molar-refractivity contribution in [2.75, 3.05) is 25.2 Å². The fraction of sp³-hybridized carbons (Fsp3) is 0.364. The van der Waals surface area contributed by atoms with Gasteiger partial charge in [-0.1, -0.05) is 18.2 Å². The Labute approximate surface area is 164 Å². The smallest absolute Gasteiger partial charge is 0.253 e. The van der Waals surface area contributed by atoms with E-state index in [-0.39, 0.29) is 24.5 Å². The Balaban J connectivity index is 1.36. The molecule has 2 aliphatic heterocycles. The summed E-state index contributed by atoms with van der Waals surface area (Å²) in [5.74, 6) is 1.19. The third-order valence-electron chi connectivity index (χ3n) is 5.50. The quantitative estimate of drug-likeness (QED) is 0.885. The van der Waals surface area contributed by atoms with E-state index in [1.807, 2.05) is 32.0 Å². The van der Waals surface area contributed by atoms with Gasteiger partial charge in [0.2, 0.25) is 12.7 Å². The summed E-state index contributed by atoms with van der Waals surface area (Å²) in [6.45, 7) is 5.31. The van der Waals surface area contributed by atoms with Gasteiger partial charge in [0.25, 0.3) is 5.91 Å². The van der Waals surface area contributed by atoms with Crippen molar-refractivity contribution in [1.29, 1.82) is 0 Å². The molecule has 0 aliphatic carbocycles. The number of nitrogens with zero attached hydrogens (tertiary/aromatic N) is 1. The highest BCUT2D eigenvalue weighted by Gasteiger charge is 2.29. The van der Waals surface area contributed by atoms with E-state index >= 15 is 0 Å². The van der Waals surface area contributed by atoms with E-state index in [9.17, 15) is 9.59 Å². The number of rotatable bonds is 3. The molecule has 2 aromatic carbocycles. The number of benzene rings is 2. The monoisotopic (exact) mass is 380 g/mol. The number of likely N-dealkylation sites (tertiary alicyclic amines) is 1. The van der Waals surface area contributed by atoms with Crippen molar-refractivity contribution < 1.29 is 19.1 Å². The second-order valence-corrected chi connectivity index (χ2v) is 7.39. The lowest BCUT2D eigenvalue weighted by atomic mass is 9.95. The van der Waals surface area contributed by atoms with Crippen LogP contribution in [0.4, 0.5) is 5.69 Å². The van der Waals surface area contributed by atoms with E-state index in [1.54, 1.807) is 23.1 Å². The molecule has 0 bridgehead atoms. The van der Waals surface area contributed by atoms with Crippen molar-refractivity contribution in [3.63, 3.8) is 0 Å². The summed E-state index contributed by atoms with van der Waals surface area (Å²) in [6.07, 6.45) is 1.32. The average Bonchev–Trinajstić information content (AvgIpc) is 3.18. The second kappa shape index (κ2) is 7.54. The molecule has 28 heavy (non-hydrogen) atoms. The van der Waals surface area contributed by atoms with Crippen LogP contribution in [0.25, 0.3) is 0 Å². The van der Waals surface area contributed by atoms with Gasteiger partial charge < -0.3 is 19.7 Å². The van der Waals surface area contributed by atoms with E-state index in [4.69, 9.17) is 9.47 Å². The van der Waals surface area contributed by atoms with Gasteiger partial charge in [0, 0.05) is 30.3 Å². The van der Waals surface area contributed by atoms with Crippen molar-refractivity contribution >= 4 is 17.5 Å². The zero-order valence-corrected chi connectivity index (χ0v) is 16.2. The predicted molar refractivity (Wildman–Crippen MR) is 106 cm³/mol. The first-order valence-electron chi connectivity index (χ1n) is 9.59. The van der Waals surface area contributed by atoms with E-state index in [0.717, 1.165) is 16.8 Å². The number of ether oxygens (including phenoxy) is 2. The summed E-state index contributed by atoms with van der Waals surface area (Å²) in [5, 5.41) is 3.08. The van der Waals surface area contributed by atoms with Crippen molar-refractivity contribution in [1.82, 2.24) is 4.90 Å². The van der Waals surface area contributed by atoms with Gasteiger partial charge in [-0.3, -0.25) is 9.59 Å². The van der Waals surface area contributed by atoms with Crippen molar-refractivity contribution in [3.8, 4) is 11.5 Å². The zero-order chi connectivity index (χ0) is 19.7. The lowest BCUT2D eigenvalue weighted by Crippen LogP contribution is -2.41. The topological polar surface area (TPSA) is 67.9 Å². The largest absolute Gasteiger partial charge is 0.454 e. The molecular formula is C22H24N2O4. The molecule has 2 aliphatic rings. The number of hydrogen-bond donors (Lipinski definition) is 1. The molecule has 4 rings (SSSR count). The predicted octanol–water partition coefficient (Wildman–Crippen LogP) is 3.52. The Morgan fingerprint density at radius 1 is 1.00 bits per heavy atom.